The van der Waals surface area contributed by atoms with Gasteiger partial charge in [-0.1, -0.05) is 53.6 Å². The van der Waals surface area contributed by atoms with Crippen molar-refractivity contribution in [2.45, 2.75) is 58.2 Å². The molecule has 0 aliphatic carbocycles. The normalized spacial score (nSPS) is 17.5. The minimum atomic E-state index is -0.158. The highest BCUT2D eigenvalue weighted by Crippen LogP contribution is 2.40. The van der Waals surface area contributed by atoms with Crippen LogP contribution in [-0.2, 0) is 39.1 Å². The van der Waals surface area contributed by atoms with Gasteiger partial charge in [0, 0.05) is 48.3 Å². The molecular weight excluding hydrogens is 707 g/mol. The monoisotopic (exact) mass is 743 g/mol. The van der Waals surface area contributed by atoms with Crippen LogP contribution in [0.2, 0.25) is 0 Å². The first-order chi connectivity index (χ1) is 27.3. The Labute approximate surface area is 323 Å². The predicted molar refractivity (Wildman–Crippen MR) is 212 cm³/mol. The largest absolute Gasteiger partial charge is 0.493 e. The summed E-state index contributed by atoms with van der Waals surface area (Å²) in [4.78, 5) is 43.8. The number of rotatable bonds is 8. The van der Waals surface area contributed by atoms with Crippen LogP contribution in [-0.4, -0.2) is 53.2 Å². The molecule has 12 heteroatoms. The van der Waals surface area contributed by atoms with Crippen molar-refractivity contribution in [2.75, 3.05) is 7.11 Å². The van der Waals surface area contributed by atoms with Crippen LogP contribution < -0.4 is 14.2 Å². The predicted octanol–water partition coefficient (Wildman–Crippen LogP) is 8.67. The van der Waals surface area contributed by atoms with E-state index >= 15 is 0 Å². The summed E-state index contributed by atoms with van der Waals surface area (Å²) < 4.78 is 18.3. The SMILES string of the molecule is COc1cc2c(cc1OCc1cc(COc3cc4c(cc3C)C(=O)N3Cc5ccccc5C[C@H]3C=N4)cc(N=[N+]=[N-])c1)N=C[C@@H]1Cc3ccccc3CN1C2=O. The van der Waals surface area contributed by atoms with Crippen LogP contribution in [0.5, 0.6) is 17.2 Å². The molecule has 0 radical (unpaired) electrons. The lowest BCUT2D eigenvalue weighted by Gasteiger charge is -2.34. The molecule has 0 bridgehead atoms. The van der Waals surface area contributed by atoms with Gasteiger partial charge in [-0.15, -0.1) is 0 Å². The summed E-state index contributed by atoms with van der Waals surface area (Å²) in [5, 5.41) is 3.87. The van der Waals surface area contributed by atoms with Gasteiger partial charge >= 0.3 is 0 Å². The van der Waals surface area contributed by atoms with Gasteiger partial charge in [0.25, 0.3) is 11.8 Å². The maximum Gasteiger partial charge on any atom is 0.257 e. The van der Waals surface area contributed by atoms with E-state index in [9.17, 15) is 15.1 Å². The third-order valence-electron chi connectivity index (χ3n) is 10.9. The molecule has 4 heterocycles. The molecule has 0 saturated heterocycles. The molecule has 12 nitrogen and oxygen atoms in total. The molecule has 9 rings (SSSR count). The summed E-state index contributed by atoms with van der Waals surface area (Å²) in [6.45, 7) is 3.22. The molecule has 278 valence electrons. The van der Waals surface area contributed by atoms with E-state index in [1.54, 1.807) is 24.3 Å². The molecule has 2 atom stereocenters. The first-order valence-electron chi connectivity index (χ1n) is 18.5. The molecule has 0 N–H and O–H groups in total. The molecule has 0 fully saturated rings. The third kappa shape index (κ3) is 6.50. The second kappa shape index (κ2) is 14.4. The fourth-order valence-electron chi connectivity index (χ4n) is 8.00. The van der Waals surface area contributed by atoms with Gasteiger partial charge in [0.05, 0.1) is 41.7 Å². The van der Waals surface area contributed by atoms with Gasteiger partial charge in [0.15, 0.2) is 11.5 Å². The third-order valence-corrected chi connectivity index (χ3v) is 10.9. The molecule has 5 aromatic carbocycles. The van der Waals surface area contributed by atoms with Crippen LogP contribution in [0.3, 0.4) is 0 Å². The number of amides is 2. The first-order valence-corrected chi connectivity index (χ1v) is 18.5. The summed E-state index contributed by atoms with van der Waals surface area (Å²) in [5.74, 6) is 1.25. The zero-order valence-corrected chi connectivity index (χ0v) is 30.9. The van der Waals surface area contributed by atoms with Crippen molar-refractivity contribution in [1.29, 1.82) is 0 Å². The first kappa shape index (κ1) is 34.8. The number of azide groups is 1. The average molecular weight is 744 g/mol. The highest BCUT2D eigenvalue weighted by molar-refractivity contribution is 6.04. The van der Waals surface area contributed by atoms with E-state index in [0.717, 1.165) is 34.2 Å². The van der Waals surface area contributed by atoms with E-state index < -0.39 is 0 Å². The number of aryl methyl sites for hydroxylation is 1. The summed E-state index contributed by atoms with van der Waals surface area (Å²) >= 11 is 0. The van der Waals surface area contributed by atoms with Crippen molar-refractivity contribution in [1.82, 2.24) is 9.80 Å². The maximum atomic E-state index is 13.8. The van der Waals surface area contributed by atoms with E-state index in [0.29, 0.717) is 64.9 Å². The van der Waals surface area contributed by atoms with Crippen LogP contribution in [0.15, 0.2) is 106 Å². The molecule has 4 aliphatic heterocycles. The number of ether oxygens (including phenoxy) is 3. The number of carbonyl (C=O) groups is 2. The molecule has 0 spiro atoms. The minimum Gasteiger partial charge on any atom is -0.493 e. The molecule has 4 aliphatic rings. The molecule has 5 aromatic rings. The van der Waals surface area contributed by atoms with Crippen molar-refractivity contribution in [3.63, 3.8) is 0 Å². The van der Waals surface area contributed by atoms with Crippen LogP contribution in [0, 0.1) is 6.92 Å². The Balaban J connectivity index is 0.929. The van der Waals surface area contributed by atoms with Crippen LogP contribution in [0.25, 0.3) is 10.4 Å². The number of aliphatic imine (C=N–C) groups is 2. The second-order valence-electron chi connectivity index (χ2n) is 14.4. The summed E-state index contributed by atoms with van der Waals surface area (Å²) in [6.07, 6.45) is 5.12. The van der Waals surface area contributed by atoms with E-state index in [4.69, 9.17) is 24.2 Å². The summed E-state index contributed by atoms with van der Waals surface area (Å²) in [7, 11) is 1.53. The summed E-state index contributed by atoms with van der Waals surface area (Å²) in [5.41, 5.74) is 18.8. The highest BCUT2D eigenvalue weighted by Gasteiger charge is 2.34. The van der Waals surface area contributed by atoms with Crippen LogP contribution in [0.4, 0.5) is 17.1 Å². The fourth-order valence-corrected chi connectivity index (χ4v) is 8.00. The lowest BCUT2D eigenvalue weighted by Crippen LogP contribution is -2.44. The van der Waals surface area contributed by atoms with Crippen LogP contribution in [0.1, 0.15) is 59.7 Å². The zero-order chi connectivity index (χ0) is 38.3. The standard InChI is InChI=1S/C44H37N7O5/c1-26-11-36-38(46-20-34-15-29-7-3-5-9-31(29)22-50(34)43(36)52)18-40(26)55-24-27-12-28(14-33(13-27)48-49-45)25-56-42-19-39-37(17-41(42)54-2)44(53)51-23-32-10-6-4-8-30(32)16-35(51)21-47-39/h3-14,17-21,34-35H,15-16,22-25H2,1-2H3/t34-,35-/m0/s1. The van der Waals surface area contributed by atoms with Crippen molar-refractivity contribution in [3.8, 4) is 17.2 Å². The Morgan fingerprint density at radius 2 is 1.21 bits per heavy atom. The molecule has 2 amide bonds. The minimum absolute atomic E-state index is 0.0513. The Hall–Kier alpha value is -6.91. The van der Waals surface area contributed by atoms with Crippen molar-refractivity contribution in [2.24, 2.45) is 15.1 Å². The molecular formula is C44H37N7O5. The Kier molecular flexibility index (Phi) is 8.95. The van der Waals surface area contributed by atoms with Crippen molar-refractivity contribution >= 4 is 41.3 Å². The van der Waals surface area contributed by atoms with Gasteiger partial charge in [0.2, 0.25) is 0 Å². The van der Waals surface area contributed by atoms with Gasteiger partial charge in [-0.25, -0.2) is 0 Å². The summed E-state index contributed by atoms with van der Waals surface area (Å²) in [6, 6.07) is 28.6. The van der Waals surface area contributed by atoms with E-state index in [-0.39, 0.29) is 37.1 Å². The number of fused-ring (bicyclic) bond motifs is 6. The maximum absolute atomic E-state index is 13.8. The number of methoxy groups -OCH3 is 1. The number of nitrogens with zero attached hydrogens (tertiary/aromatic N) is 7. The Bertz CT molecular complexity index is 2540. The fraction of sp³-hybridized carbons (Fsp3) is 0.227. The average Bonchev–Trinajstić information content (AvgIpc) is 3.43. The van der Waals surface area contributed by atoms with Gasteiger partial charge in [-0.2, -0.15) is 0 Å². The molecule has 56 heavy (non-hydrogen) atoms. The van der Waals surface area contributed by atoms with Gasteiger partial charge in [-0.3, -0.25) is 19.6 Å². The van der Waals surface area contributed by atoms with E-state index in [1.807, 2.05) is 71.6 Å². The Morgan fingerprint density at radius 1 is 0.696 bits per heavy atom. The smallest absolute Gasteiger partial charge is 0.257 e. The molecule has 0 unspecified atom stereocenters. The van der Waals surface area contributed by atoms with Crippen molar-refractivity contribution < 1.29 is 23.8 Å². The Morgan fingerprint density at radius 3 is 1.77 bits per heavy atom. The quantitative estimate of drug-likeness (QED) is 0.0888. The molecule has 0 aromatic heterocycles. The lowest BCUT2D eigenvalue weighted by atomic mass is 9.94. The highest BCUT2D eigenvalue weighted by atomic mass is 16.5. The van der Waals surface area contributed by atoms with Gasteiger partial charge < -0.3 is 24.0 Å². The number of carbonyl (C=O) groups excluding carboxylic acids is 2. The second-order valence-corrected chi connectivity index (χ2v) is 14.4. The lowest BCUT2D eigenvalue weighted by molar-refractivity contribution is 0.0696. The molecule has 0 saturated carbocycles. The topological polar surface area (TPSA) is 142 Å². The number of benzene rings is 5. The van der Waals surface area contributed by atoms with E-state index in [1.165, 1.54) is 18.2 Å². The van der Waals surface area contributed by atoms with Crippen molar-refractivity contribution in [3.05, 3.63) is 152 Å². The van der Waals surface area contributed by atoms with E-state index in [2.05, 4.69) is 34.3 Å². The number of hydrogen-bond acceptors (Lipinski definition) is 8. The van der Waals surface area contributed by atoms with Crippen LogP contribution >= 0.6 is 0 Å². The van der Waals surface area contributed by atoms with Gasteiger partial charge in [0.1, 0.15) is 19.0 Å². The zero-order valence-electron chi connectivity index (χ0n) is 30.9. The number of hydrogen-bond donors (Lipinski definition) is 0. The van der Waals surface area contributed by atoms with Gasteiger partial charge in [-0.05, 0) is 94.6 Å².